The lowest BCUT2D eigenvalue weighted by Crippen LogP contribution is -2.35. The Morgan fingerprint density at radius 2 is 2.13 bits per heavy atom. The molecule has 1 aliphatic rings. The molecule has 0 spiro atoms. The number of anilines is 1. The summed E-state index contributed by atoms with van der Waals surface area (Å²) in [6.45, 7) is 6.56. The summed E-state index contributed by atoms with van der Waals surface area (Å²) in [4.78, 5) is 11.9. The van der Waals surface area contributed by atoms with Gasteiger partial charge in [0.15, 0.2) is 5.13 Å². The predicted molar refractivity (Wildman–Crippen MR) is 96.4 cm³/mol. The van der Waals surface area contributed by atoms with Gasteiger partial charge in [0.25, 0.3) is 0 Å². The van der Waals surface area contributed by atoms with E-state index in [1.807, 2.05) is 6.20 Å². The fourth-order valence-electron chi connectivity index (χ4n) is 3.43. The van der Waals surface area contributed by atoms with Crippen molar-refractivity contribution in [1.82, 2.24) is 14.5 Å². The minimum atomic E-state index is 0.463. The van der Waals surface area contributed by atoms with Crippen molar-refractivity contribution in [2.45, 2.75) is 38.6 Å². The number of benzene rings is 1. The fraction of sp³-hybridized carbons (Fsp3) is 0.444. The zero-order chi connectivity index (χ0) is 15.8. The first-order valence-electron chi connectivity index (χ1n) is 8.35. The number of hydrogen-bond donors (Lipinski definition) is 0. The average Bonchev–Trinajstić information content (AvgIpc) is 3.21. The summed E-state index contributed by atoms with van der Waals surface area (Å²) in [6, 6.07) is 8.86. The van der Waals surface area contributed by atoms with Crippen molar-refractivity contribution in [2.24, 2.45) is 0 Å². The molecule has 5 heteroatoms. The topological polar surface area (TPSA) is 34.0 Å². The summed E-state index contributed by atoms with van der Waals surface area (Å²) in [5.41, 5.74) is 1.11. The van der Waals surface area contributed by atoms with Crippen LogP contribution in [0.4, 0.5) is 5.13 Å². The Hall–Kier alpha value is -1.88. The van der Waals surface area contributed by atoms with E-state index in [1.54, 1.807) is 11.3 Å². The maximum Gasteiger partial charge on any atom is 0.186 e. The Morgan fingerprint density at radius 3 is 2.96 bits per heavy atom. The van der Waals surface area contributed by atoms with Crippen LogP contribution >= 0.6 is 11.3 Å². The quantitative estimate of drug-likeness (QED) is 0.713. The maximum atomic E-state index is 4.83. The van der Waals surface area contributed by atoms with Gasteiger partial charge in [-0.2, -0.15) is 0 Å². The van der Waals surface area contributed by atoms with Crippen LogP contribution in [-0.2, 0) is 0 Å². The molecule has 0 aliphatic carbocycles. The van der Waals surface area contributed by atoms with Gasteiger partial charge >= 0.3 is 0 Å². The molecule has 23 heavy (non-hydrogen) atoms. The highest BCUT2D eigenvalue weighted by atomic mass is 32.1. The third-order valence-corrected chi connectivity index (χ3v) is 5.69. The summed E-state index contributed by atoms with van der Waals surface area (Å²) in [5, 5.41) is 1.15. The van der Waals surface area contributed by atoms with Crippen molar-refractivity contribution in [2.75, 3.05) is 18.0 Å². The molecule has 3 aromatic rings. The monoisotopic (exact) mass is 326 g/mol. The van der Waals surface area contributed by atoms with Crippen LogP contribution in [-0.4, -0.2) is 27.6 Å². The van der Waals surface area contributed by atoms with Crippen LogP contribution in [0, 0.1) is 0 Å². The van der Waals surface area contributed by atoms with E-state index in [-0.39, 0.29) is 0 Å². The average molecular weight is 326 g/mol. The highest BCUT2D eigenvalue weighted by Gasteiger charge is 2.26. The largest absolute Gasteiger partial charge is 0.347 e. The van der Waals surface area contributed by atoms with Crippen molar-refractivity contribution in [3.8, 4) is 0 Å². The number of piperidine rings is 1. The van der Waals surface area contributed by atoms with Gasteiger partial charge in [-0.1, -0.05) is 23.5 Å². The van der Waals surface area contributed by atoms with Gasteiger partial charge in [-0.15, -0.1) is 0 Å². The molecule has 3 heterocycles. The van der Waals surface area contributed by atoms with Crippen LogP contribution in [0.2, 0.25) is 0 Å². The van der Waals surface area contributed by atoms with Gasteiger partial charge in [-0.05, 0) is 38.8 Å². The van der Waals surface area contributed by atoms with Crippen molar-refractivity contribution < 1.29 is 0 Å². The molecule has 4 nitrogen and oxygen atoms in total. The summed E-state index contributed by atoms with van der Waals surface area (Å²) >= 11 is 1.80. The van der Waals surface area contributed by atoms with Crippen LogP contribution in [0.3, 0.4) is 0 Å². The third kappa shape index (κ3) is 2.74. The number of rotatable bonds is 3. The molecule has 1 aliphatic heterocycles. The number of fused-ring (bicyclic) bond motifs is 1. The van der Waals surface area contributed by atoms with E-state index in [0.717, 1.165) is 23.7 Å². The number of thiazole rings is 1. The number of nitrogens with zero attached hydrogens (tertiary/aromatic N) is 4. The second kappa shape index (κ2) is 5.96. The lowest BCUT2D eigenvalue weighted by Gasteiger charge is -2.32. The Labute approximate surface area is 140 Å². The molecule has 0 saturated carbocycles. The first-order valence-corrected chi connectivity index (χ1v) is 9.17. The van der Waals surface area contributed by atoms with Gasteiger partial charge in [0.05, 0.1) is 10.2 Å². The molecule has 0 N–H and O–H groups in total. The van der Waals surface area contributed by atoms with E-state index in [9.17, 15) is 0 Å². The normalized spacial score (nSPS) is 18.9. The van der Waals surface area contributed by atoms with Gasteiger partial charge in [0, 0.05) is 37.4 Å². The zero-order valence-electron chi connectivity index (χ0n) is 13.6. The molecule has 1 fully saturated rings. The molecule has 1 unspecified atom stereocenters. The molecule has 120 valence electrons. The van der Waals surface area contributed by atoms with E-state index in [2.05, 4.69) is 58.8 Å². The van der Waals surface area contributed by atoms with Crippen molar-refractivity contribution in [1.29, 1.82) is 0 Å². The minimum absolute atomic E-state index is 0.463. The Kier molecular flexibility index (Phi) is 3.81. The molecule has 0 radical (unpaired) electrons. The van der Waals surface area contributed by atoms with Gasteiger partial charge in [0.2, 0.25) is 0 Å². The molecule has 2 aromatic heterocycles. The Bertz CT molecular complexity index is 771. The first-order chi connectivity index (χ1) is 11.2. The molecule has 4 rings (SSSR count). The minimum Gasteiger partial charge on any atom is -0.347 e. The predicted octanol–water partition coefficient (Wildman–Crippen LogP) is 4.46. The summed E-state index contributed by atoms with van der Waals surface area (Å²) in [6.07, 6.45) is 6.46. The SMILES string of the molecule is CC(C)n1ccnc1C1CCCN(c2nc3ccccc3s2)C1. The van der Waals surface area contributed by atoms with Gasteiger partial charge in [-0.3, -0.25) is 0 Å². The van der Waals surface area contributed by atoms with Crippen LogP contribution in [0.15, 0.2) is 36.7 Å². The standard InChI is InChI=1S/C18H22N4S/c1-13(2)22-11-9-19-17(22)14-6-5-10-21(12-14)18-20-15-7-3-4-8-16(15)23-18/h3-4,7-9,11,13-14H,5-6,10,12H2,1-2H3. The van der Waals surface area contributed by atoms with Crippen molar-refractivity contribution >= 4 is 26.7 Å². The Balaban J connectivity index is 1.60. The van der Waals surface area contributed by atoms with Gasteiger partial charge in [-0.25, -0.2) is 9.97 Å². The van der Waals surface area contributed by atoms with Crippen molar-refractivity contribution in [3.63, 3.8) is 0 Å². The number of imidazole rings is 1. The molecular formula is C18H22N4S. The van der Waals surface area contributed by atoms with E-state index in [4.69, 9.17) is 4.98 Å². The highest BCUT2D eigenvalue weighted by molar-refractivity contribution is 7.22. The van der Waals surface area contributed by atoms with E-state index < -0.39 is 0 Å². The lowest BCUT2D eigenvalue weighted by molar-refractivity contribution is 0.455. The third-order valence-electron chi connectivity index (χ3n) is 4.59. The smallest absolute Gasteiger partial charge is 0.186 e. The van der Waals surface area contributed by atoms with E-state index in [1.165, 1.54) is 23.4 Å². The van der Waals surface area contributed by atoms with E-state index >= 15 is 0 Å². The van der Waals surface area contributed by atoms with E-state index in [0.29, 0.717) is 12.0 Å². The molecule has 0 amide bonds. The summed E-state index contributed by atoms with van der Waals surface area (Å²) in [5.74, 6) is 1.72. The highest BCUT2D eigenvalue weighted by Crippen LogP contribution is 2.34. The van der Waals surface area contributed by atoms with Crippen molar-refractivity contribution in [3.05, 3.63) is 42.5 Å². The molecule has 0 bridgehead atoms. The Morgan fingerprint density at radius 1 is 1.26 bits per heavy atom. The second-order valence-electron chi connectivity index (χ2n) is 6.54. The lowest BCUT2D eigenvalue weighted by atomic mass is 9.97. The van der Waals surface area contributed by atoms with Gasteiger partial charge in [0.1, 0.15) is 5.82 Å². The zero-order valence-corrected chi connectivity index (χ0v) is 14.5. The summed E-state index contributed by atoms with van der Waals surface area (Å²) < 4.78 is 3.58. The van der Waals surface area contributed by atoms with Crippen LogP contribution < -0.4 is 4.90 Å². The van der Waals surface area contributed by atoms with Gasteiger partial charge < -0.3 is 9.47 Å². The molecule has 1 atom stereocenters. The first kappa shape index (κ1) is 14.7. The second-order valence-corrected chi connectivity index (χ2v) is 7.54. The molecular weight excluding hydrogens is 304 g/mol. The number of aromatic nitrogens is 3. The number of hydrogen-bond acceptors (Lipinski definition) is 4. The maximum absolute atomic E-state index is 4.83. The summed E-state index contributed by atoms with van der Waals surface area (Å²) in [7, 11) is 0. The fourth-order valence-corrected chi connectivity index (χ4v) is 4.43. The molecule has 1 saturated heterocycles. The van der Waals surface area contributed by atoms with Crippen LogP contribution in [0.25, 0.3) is 10.2 Å². The van der Waals surface area contributed by atoms with Crippen LogP contribution in [0.5, 0.6) is 0 Å². The molecule has 1 aromatic carbocycles. The number of para-hydroxylation sites is 1. The van der Waals surface area contributed by atoms with Crippen LogP contribution in [0.1, 0.15) is 44.5 Å².